The summed E-state index contributed by atoms with van der Waals surface area (Å²) >= 11 is 6.44. The van der Waals surface area contributed by atoms with Gasteiger partial charge in [0.25, 0.3) is 0 Å². The molecule has 1 unspecified atom stereocenters. The van der Waals surface area contributed by atoms with Crippen molar-refractivity contribution in [1.29, 1.82) is 0 Å². The molecule has 0 bridgehead atoms. The number of tetrazole rings is 1. The zero-order chi connectivity index (χ0) is 20.6. The first-order valence-electron chi connectivity index (χ1n) is 9.82. The summed E-state index contributed by atoms with van der Waals surface area (Å²) in [5.41, 5.74) is 3.30. The molecule has 0 radical (unpaired) electrons. The highest BCUT2D eigenvalue weighted by Crippen LogP contribution is 2.38. The Labute approximate surface area is 176 Å². The first-order chi connectivity index (χ1) is 13.9. The third kappa shape index (κ3) is 3.74. The van der Waals surface area contributed by atoms with E-state index in [1.54, 1.807) is 7.11 Å². The van der Waals surface area contributed by atoms with Crippen molar-refractivity contribution in [3.8, 4) is 5.75 Å². The lowest BCUT2D eigenvalue weighted by molar-refractivity contribution is 0.183. The number of aromatic nitrogens is 4. The van der Waals surface area contributed by atoms with Crippen LogP contribution in [0.5, 0.6) is 5.75 Å². The minimum Gasteiger partial charge on any atom is -0.496 e. The molecule has 6 nitrogen and oxygen atoms in total. The molecular weight excluding hydrogens is 386 g/mol. The summed E-state index contributed by atoms with van der Waals surface area (Å²) in [6.45, 7) is 7.96. The summed E-state index contributed by atoms with van der Waals surface area (Å²) < 4.78 is 7.62. The van der Waals surface area contributed by atoms with Gasteiger partial charge in [-0.25, -0.2) is 4.68 Å². The fourth-order valence-electron chi connectivity index (χ4n) is 4.04. The van der Waals surface area contributed by atoms with Crippen molar-refractivity contribution in [3.63, 3.8) is 0 Å². The van der Waals surface area contributed by atoms with Gasteiger partial charge in [-0.3, -0.25) is 4.90 Å². The Morgan fingerprint density at radius 1 is 1.10 bits per heavy atom. The minimum absolute atomic E-state index is 0.132. The predicted octanol–water partition coefficient (Wildman–Crippen LogP) is 4.24. The highest BCUT2D eigenvalue weighted by Gasteiger charge is 2.34. The number of methoxy groups -OCH3 is 1. The molecular formula is C22H26ClN5O. The SMILES string of the molecule is COc1ccccc1C(c1nnnn1C(C)(C)C)N1CCc2c(Cl)cccc2C1. The zero-order valence-corrected chi connectivity index (χ0v) is 18.0. The monoisotopic (exact) mass is 411 g/mol. The third-order valence-corrected chi connectivity index (χ3v) is 5.76. The second-order valence-electron chi connectivity index (χ2n) is 8.36. The van der Waals surface area contributed by atoms with E-state index in [9.17, 15) is 0 Å². The Bertz CT molecular complexity index is 1010. The average molecular weight is 412 g/mol. The highest BCUT2D eigenvalue weighted by atomic mass is 35.5. The molecule has 0 amide bonds. The summed E-state index contributed by atoms with van der Waals surface area (Å²) in [5.74, 6) is 1.64. The standard InChI is InChI=1S/C22H26ClN5O/c1-22(2,3)28-21(24-25-26-28)20(17-9-5-6-11-19(17)29-4)27-13-12-16-15(14-27)8-7-10-18(16)23/h5-11,20H,12-14H2,1-4H3. The molecule has 1 aromatic heterocycles. The van der Waals surface area contributed by atoms with Crippen molar-refractivity contribution in [2.75, 3.05) is 13.7 Å². The maximum atomic E-state index is 6.44. The van der Waals surface area contributed by atoms with Gasteiger partial charge in [-0.05, 0) is 60.9 Å². The van der Waals surface area contributed by atoms with Crippen LogP contribution in [0.2, 0.25) is 5.02 Å². The van der Waals surface area contributed by atoms with E-state index in [2.05, 4.69) is 53.3 Å². The van der Waals surface area contributed by atoms with Crippen molar-refractivity contribution >= 4 is 11.6 Å². The molecule has 3 aromatic rings. The van der Waals surface area contributed by atoms with Crippen molar-refractivity contribution in [2.45, 2.75) is 45.3 Å². The van der Waals surface area contributed by atoms with E-state index < -0.39 is 0 Å². The Morgan fingerprint density at radius 3 is 2.66 bits per heavy atom. The van der Waals surface area contributed by atoms with E-state index >= 15 is 0 Å². The van der Waals surface area contributed by atoms with E-state index in [0.29, 0.717) is 0 Å². The van der Waals surface area contributed by atoms with E-state index in [0.717, 1.165) is 41.7 Å². The Kier molecular flexibility index (Phi) is 5.32. The van der Waals surface area contributed by atoms with Crippen LogP contribution in [-0.2, 0) is 18.5 Å². The van der Waals surface area contributed by atoms with Crippen molar-refractivity contribution < 1.29 is 4.74 Å². The summed E-state index contributed by atoms with van der Waals surface area (Å²) in [7, 11) is 1.70. The predicted molar refractivity (Wildman–Crippen MR) is 113 cm³/mol. The Hall–Kier alpha value is -2.44. The van der Waals surface area contributed by atoms with Crippen LogP contribution in [0, 0.1) is 0 Å². The van der Waals surface area contributed by atoms with Gasteiger partial charge in [0, 0.05) is 23.7 Å². The molecule has 2 heterocycles. The summed E-state index contributed by atoms with van der Waals surface area (Å²) in [6.07, 6.45) is 0.887. The molecule has 1 atom stereocenters. The van der Waals surface area contributed by atoms with Gasteiger partial charge in [-0.1, -0.05) is 41.9 Å². The maximum absolute atomic E-state index is 6.44. The fourth-order valence-corrected chi connectivity index (χ4v) is 4.33. The molecule has 0 N–H and O–H groups in total. The molecule has 0 fully saturated rings. The minimum atomic E-state index is -0.240. The van der Waals surface area contributed by atoms with Crippen LogP contribution in [0.15, 0.2) is 42.5 Å². The molecule has 29 heavy (non-hydrogen) atoms. The maximum Gasteiger partial charge on any atom is 0.173 e. The average Bonchev–Trinajstić information content (AvgIpc) is 3.19. The Balaban J connectivity index is 1.83. The van der Waals surface area contributed by atoms with Gasteiger partial charge in [-0.2, -0.15) is 0 Å². The second-order valence-corrected chi connectivity index (χ2v) is 8.77. The Morgan fingerprint density at radius 2 is 1.90 bits per heavy atom. The number of hydrogen-bond donors (Lipinski definition) is 0. The molecule has 4 rings (SSSR count). The van der Waals surface area contributed by atoms with E-state index in [1.807, 2.05) is 35.0 Å². The number of fused-ring (bicyclic) bond motifs is 1. The highest BCUT2D eigenvalue weighted by molar-refractivity contribution is 6.31. The van der Waals surface area contributed by atoms with Crippen LogP contribution in [0.25, 0.3) is 0 Å². The molecule has 152 valence electrons. The van der Waals surface area contributed by atoms with Gasteiger partial charge < -0.3 is 4.74 Å². The molecule has 0 aliphatic carbocycles. The van der Waals surface area contributed by atoms with Gasteiger partial charge in [0.1, 0.15) is 11.8 Å². The molecule has 1 aliphatic heterocycles. The topological polar surface area (TPSA) is 56.1 Å². The first-order valence-corrected chi connectivity index (χ1v) is 10.2. The molecule has 1 aliphatic rings. The summed E-state index contributed by atoms with van der Waals surface area (Å²) in [6, 6.07) is 14.1. The van der Waals surface area contributed by atoms with Crippen LogP contribution in [0.1, 0.15) is 49.3 Å². The smallest absolute Gasteiger partial charge is 0.173 e. The third-order valence-electron chi connectivity index (χ3n) is 5.41. The van der Waals surface area contributed by atoms with E-state index in [-0.39, 0.29) is 11.6 Å². The molecule has 0 spiro atoms. The van der Waals surface area contributed by atoms with Crippen molar-refractivity contribution in [3.05, 3.63) is 70.0 Å². The number of benzene rings is 2. The van der Waals surface area contributed by atoms with Crippen molar-refractivity contribution in [1.82, 2.24) is 25.1 Å². The lowest BCUT2D eigenvalue weighted by Gasteiger charge is -2.37. The van der Waals surface area contributed by atoms with Gasteiger partial charge in [0.2, 0.25) is 0 Å². The number of nitrogens with zero attached hydrogens (tertiary/aromatic N) is 5. The lowest BCUT2D eigenvalue weighted by Crippen LogP contribution is -2.38. The second kappa shape index (κ2) is 7.76. The number of halogens is 1. The van der Waals surface area contributed by atoms with Gasteiger partial charge >= 0.3 is 0 Å². The quantitative estimate of drug-likeness (QED) is 0.642. The fraction of sp³-hybridized carbons (Fsp3) is 0.409. The zero-order valence-electron chi connectivity index (χ0n) is 17.3. The normalized spacial score (nSPS) is 15.8. The van der Waals surface area contributed by atoms with E-state index in [4.69, 9.17) is 16.3 Å². The molecule has 7 heteroatoms. The molecule has 0 saturated carbocycles. The first kappa shape index (κ1) is 19.9. The van der Waals surface area contributed by atoms with Crippen LogP contribution in [0.3, 0.4) is 0 Å². The van der Waals surface area contributed by atoms with Gasteiger partial charge in [0.05, 0.1) is 12.6 Å². The summed E-state index contributed by atoms with van der Waals surface area (Å²) in [5, 5.41) is 13.6. The van der Waals surface area contributed by atoms with Crippen LogP contribution in [-0.4, -0.2) is 38.8 Å². The van der Waals surface area contributed by atoms with Crippen molar-refractivity contribution in [2.24, 2.45) is 0 Å². The number of hydrogen-bond acceptors (Lipinski definition) is 5. The van der Waals surface area contributed by atoms with Gasteiger partial charge in [-0.15, -0.1) is 5.10 Å². The molecule has 2 aromatic carbocycles. The largest absolute Gasteiger partial charge is 0.496 e. The van der Waals surface area contributed by atoms with E-state index in [1.165, 1.54) is 11.1 Å². The van der Waals surface area contributed by atoms with Crippen LogP contribution >= 0.6 is 11.6 Å². The number of ether oxygens (including phenoxy) is 1. The summed E-state index contributed by atoms with van der Waals surface area (Å²) in [4.78, 5) is 2.41. The number of rotatable bonds is 4. The number of para-hydroxylation sites is 1. The lowest BCUT2D eigenvalue weighted by atomic mass is 9.95. The van der Waals surface area contributed by atoms with Crippen LogP contribution < -0.4 is 4.74 Å². The van der Waals surface area contributed by atoms with Crippen LogP contribution in [0.4, 0.5) is 0 Å². The molecule has 0 saturated heterocycles. The van der Waals surface area contributed by atoms with Gasteiger partial charge in [0.15, 0.2) is 5.82 Å².